The van der Waals surface area contributed by atoms with E-state index in [0.29, 0.717) is 22.9 Å². The van der Waals surface area contributed by atoms with E-state index in [1.165, 1.54) is 42.6 Å². The first-order chi connectivity index (χ1) is 21.5. The molecule has 0 spiro atoms. The van der Waals surface area contributed by atoms with Gasteiger partial charge in [-0.3, -0.25) is 14.4 Å². The van der Waals surface area contributed by atoms with Gasteiger partial charge in [-0.25, -0.2) is 13.8 Å². The van der Waals surface area contributed by atoms with Gasteiger partial charge in [-0.15, -0.1) is 0 Å². The minimum atomic E-state index is -3.99. The largest absolute Gasteiger partial charge is 0.458 e. The van der Waals surface area contributed by atoms with Gasteiger partial charge in [-0.1, -0.05) is 69.5 Å². The number of amides is 3. The molecule has 1 aromatic heterocycles. The first kappa shape index (κ1) is 33.9. The van der Waals surface area contributed by atoms with Crippen molar-refractivity contribution in [1.29, 1.82) is 0 Å². The lowest BCUT2D eigenvalue weighted by Gasteiger charge is -2.21. The second-order valence-electron chi connectivity index (χ2n) is 9.39. The predicted octanol–water partition coefficient (Wildman–Crippen LogP) is 4.99. The summed E-state index contributed by atoms with van der Waals surface area (Å²) in [5.74, 6) is -1.93. The molecule has 4 aromatic rings. The van der Waals surface area contributed by atoms with Gasteiger partial charge in [0.2, 0.25) is 10.0 Å². The highest BCUT2D eigenvalue weighted by Crippen LogP contribution is 2.25. The minimum Gasteiger partial charge on any atom is -0.458 e. The average Bonchev–Trinajstić information content (AvgIpc) is 3.48. The van der Waals surface area contributed by atoms with Crippen LogP contribution in [0.3, 0.4) is 0 Å². The van der Waals surface area contributed by atoms with Crippen molar-refractivity contribution in [3.63, 3.8) is 0 Å². The molecule has 0 aliphatic carbocycles. The van der Waals surface area contributed by atoms with E-state index in [1.54, 1.807) is 18.2 Å². The third-order valence-electron chi connectivity index (χ3n) is 6.13. The van der Waals surface area contributed by atoms with Crippen LogP contribution >= 0.6 is 39.1 Å². The molecule has 0 unspecified atom stereocenters. The monoisotopic (exact) mass is 733 g/mol. The third-order valence-corrected chi connectivity index (χ3v) is 9.26. The van der Waals surface area contributed by atoms with E-state index in [4.69, 9.17) is 27.6 Å². The summed E-state index contributed by atoms with van der Waals surface area (Å²) in [6, 6.07) is 23.0. The number of hydrogen-bond donors (Lipinski definition) is 3. The smallest absolute Gasteiger partial charge is 0.313 e. The van der Waals surface area contributed by atoms with Crippen LogP contribution in [0.4, 0.5) is 5.69 Å². The molecule has 0 fully saturated rings. The molecule has 0 atom stereocenters. The van der Waals surface area contributed by atoms with Crippen molar-refractivity contribution in [2.24, 2.45) is 5.10 Å². The molecule has 3 N–H and O–H groups in total. The fourth-order valence-corrected chi connectivity index (χ4v) is 5.83. The summed E-state index contributed by atoms with van der Waals surface area (Å²) in [5, 5.41) is 9.23. The van der Waals surface area contributed by atoms with Crippen LogP contribution in [0.5, 0.6) is 0 Å². The number of nitrogens with zero attached hydrogens (tertiary/aromatic N) is 2. The van der Waals surface area contributed by atoms with Gasteiger partial charge in [0.1, 0.15) is 11.5 Å². The Kier molecular flexibility index (Phi) is 11.9. The Morgan fingerprint density at radius 2 is 1.64 bits per heavy atom. The molecule has 0 aliphatic heterocycles. The van der Waals surface area contributed by atoms with Crippen molar-refractivity contribution in [2.75, 3.05) is 18.4 Å². The maximum atomic E-state index is 13.4. The molecule has 3 aromatic carbocycles. The lowest BCUT2D eigenvalue weighted by molar-refractivity contribution is -0.136. The second kappa shape index (κ2) is 15.8. The summed E-state index contributed by atoms with van der Waals surface area (Å²) in [4.78, 5) is 37.1. The van der Waals surface area contributed by atoms with Crippen molar-refractivity contribution in [3.05, 3.63) is 117 Å². The number of carbonyl (C=O) groups is 3. The zero-order valence-corrected chi connectivity index (χ0v) is 27.3. The average molecular weight is 735 g/mol. The van der Waals surface area contributed by atoms with Crippen molar-refractivity contribution in [2.45, 2.75) is 17.9 Å². The van der Waals surface area contributed by atoms with Gasteiger partial charge < -0.3 is 15.1 Å². The van der Waals surface area contributed by atoms with Gasteiger partial charge in [0.05, 0.1) is 34.2 Å². The summed E-state index contributed by atoms with van der Waals surface area (Å²) in [7, 11) is -3.99. The Hall–Kier alpha value is -4.01. The summed E-state index contributed by atoms with van der Waals surface area (Å²) < 4.78 is 34.1. The Morgan fingerprint density at radius 3 is 2.36 bits per heavy atom. The number of benzene rings is 3. The van der Waals surface area contributed by atoms with Crippen LogP contribution in [0, 0.1) is 0 Å². The number of halogens is 3. The molecule has 0 aliphatic rings. The van der Waals surface area contributed by atoms with Gasteiger partial charge in [-0.2, -0.15) is 9.41 Å². The van der Waals surface area contributed by atoms with Crippen molar-refractivity contribution in [1.82, 2.24) is 15.0 Å². The van der Waals surface area contributed by atoms with Crippen LogP contribution in [0.1, 0.15) is 17.1 Å². The lowest BCUT2D eigenvalue weighted by Crippen LogP contribution is -2.40. The van der Waals surface area contributed by atoms with Crippen LogP contribution in [0.2, 0.25) is 10.0 Å². The molecule has 15 heteroatoms. The molecule has 45 heavy (non-hydrogen) atoms. The summed E-state index contributed by atoms with van der Waals surface area (Å²) in [5.41, 5.74) is 3.53. The molecule has 4 rings (SSSR count). The second-order valence-corrected chi connectivity index (χ2v) is 13.1. The Balaban J connectivity index is 1.31. The normalized spacial score (nSPS) is 11.5. The van der Waals surface area contributed by atoms with Crippen molar-refractivity contribution in [3.8, 4) is 0 Å². The number of anilines is 1. The van der Waals surface area contributed by atoms with E-state index in [9.17, 15) is 22.8 Å². The number of nitrogens with one attached hydrogen (secondary N) is 3. The van der Waals surface area contributed by atoms with Crippen LogP contribution in [0.15, 0.2) is 104 Å². The molecule has 0 saturated heterocycles. The van der Waals surface area contributed by atoms with Crippen LogP contribution in [-0.4, -0.2) is 49.7 Å². The highest BCUT2D eigenvalue weighted by Gasteiger charge is 2.26. The molecular formula is C30H26BrCl2N5O6S. The topological polar surface area (TPSA) is 150 Å². The minimum absolute atomic E-state index is 0.0529. The number of hydrogen-bond acceptors (Lipinski definition) is 7. The zero-order chi connectivity index (χ0) is 32.4. The van der Waals surface area contributed by atoms with Gasteiger partial charge in [0, 0.05) is 16.7 Å². The van der Waals surface area contributed by atoms with E-state index in [0.717, 1.165) is 14.3 Å². The SMILES string of the molecule is O=C(CN(CCc1ccccc1)S(=O)(=O)c1ccc(Br)cc1)N/N=C\c1ccc(CNC(=O)C(=O)Nc2ccc(Cl)c(Cl)c2)o1. The number of sulfonamides is 1. The fourth-order valence-electron chi connectivity index (χ4n) is 3.87. The summed E-state index contributed by atoms with van der Waals surface area (Å²) in [6.07, 6.45) is 1.62. The molecular weight excluding hydrogens is 709 g/mol. The van der Waals surface area contributed by atoms with Crippen molar-refractivity contribution >= 4 is 78.8 Å². The highest BCUT2D eigenvalue weighted by molar-refractivity contribution is 9.10. The van der Waals surface area contributed by atoms with Crippen LogP contribution < -0.4 is 16.1 Å². The maximum absolute atomic E-state index is 13.4. The van der Waals surface area contributed by atoms with E-state index < -0.39 is 34.3 Å². The van der Waals surface area contributed by atoms with E-state index in [1.807, 2.05) is 30.3 Å². The molecule has 0 radical (unpaired) electrons. The Bertz CT molecular complexity index is 1800. The lowest BCUT2D eigenvalue weighted by atomic mass is 10.1. The van der Waals surface area contributed by atoms with Gasteiger partial charge in [0.25, 0.3) is 5.91 Å². The molecule has 3 amide bonds. The van der Waals surface area contributed by atoms with Crippen molar-refractivity contribution < 1.29 is 27.2 Å². The maximum Gasteiger partial charge on any atom is 0.313 e. The molecule has 0 bridgehead atoms. The predicted molar refractivity (Wildman–Crippen MR) is 174 cm³/mol. The number of carbonyl (C=O) groups excluding carboxylic acids is 3. The van der Waals surface area contributed by atoms with Gasteiger partial charge >= 0.3 is 11.8 Å². The summed E-state index contributed by atoms with van der Waals surface area (Å²) in [6.45, 7) is -0.501. The van der Waals surface area contributed by atoms with Crippen LogP contribution in [0.25, 0.3) is 0 Å². The fraction of sp³-hybridized carbons (Fsp3) is 0.133. The van der Waals surface area contributed by atoms with Crippen LogP contribution in [-0.2, 0) is 37.4 Å². The molecule has 0 saturated carbocycles. The highest BCUT2D eigenvalue weighted by atomic mass is 79.9. The van der Waals surface area contributed by atoms with E-state index in [-0.39, 0.29) is 28.8 Å². The number of furan rings is 1. The molecule has 234 valence electrons. The van der Waals surface area contributed by atoms with Gasteiger partial charge in [0.15, 0.2) is 0 Å². The first-order valence-corrected chi connectivity index (χ1v) is 16.2. The Labute approximate surface area is 277 Å². The third kappa shape index (κ3) is 9.99. The van der Waals surface area contributed by atoms with E-state index in [2.05, 4.69) is 37.1 Å². The molecule has 1 heterocycles. The zero-order valence-electron chi connectivity index (χ0n) is 23.4. The summed E-state index contributed by atoms with van der Waals surface area (Å²) >= 11 is 15.1. The van der Waals surface area contributed by atoms with Gasteiger partial charge in [-0.05, 0) is 66.6 Å². The first-order valence-electron chi connectivity index (χ1n) is 13.3. The number of hydrazone groups is 1. The quantitative estimate of drug-likeness (QED) is 0.106. The van der Waals surface area contributed by atoms with E-state index >= 15 is 0 Å². The standard InChI is InChI=1S/C30H26BrCl2N5O6S/c31-21-6-11-25(12-7-21)45(42,43)38(15-14-20-4-2-1-3-5-20)19-28(39)37-35-18-24-10-9-23(44-24)17-34-29(40)30(41)36-22-8-13-26(32)27(33)16-22/h1-13,16,18H,14-15,17,19H2,(H,34,40)(H,36,41)(H,37,39)/b35-18-. The Morgan fingerprint density at radius 1 is 0.911 bits per heavy atom. The number of rotatable bonds is 12. The molecule has 11 nitrogen and oxygen atoms in total.